The zero-order chi connectivity index (χ0) is 25.6. The first-order valence-corrected chi connectivity index (χ1v) is 12.7. The normalized spacial score (nSPS) is 13.3. The fraction of sp³-hybridized carbons (Fsp3) is 0.172. The van der Waals surface area contributed by atoms with Crippen LogP contribution in [0.25, 0.3) is 0 Å². The average molecular weight is 509 g/mol. The van der Waals surface area contributed by atoms with E-state index in [9.17, 15) is 15.4 Å². The fourth-order valence-electron chi connectivity index (χ4n) is 4.29. The first kappa shape index (κ1) is 24.4. The van der Waals surface area contributed by atoms with Crippen molar-refractivity contribution in [1.29, 1.82) is 5.26 Å². The van der Waals surface area contributed by atoms with Gasteiger partial charge in [0.15, 0.2) is 0 Å². The molecule has 2 heterocycles. The monoisotopic (exact) mass is 508 g/mol. The molecule has 4 aromatic rings. The van der Waals surface area contributed by atoms with Gasteiger partial charge in [0, 0.05) is 42.9 Å². The predicted molar refractivity (Wildman–Crippen MR) is 144 cm³/mol. The van der Waals surface area contributed by atoms with Crippen LogP contribution in [0.1, 0.15) is 32.7 Å². The van der Waals surface area contributed by atoms with Crippen LogP contribution in [0.2, 0.25) is 0 Å². The number of ether oxygens (including phenoxy) is 1. The van der Waals surface area contributed by atoms with Gasteiger partial charge >= 0.3 is 0 Å². The average Bonchev–Trinajstić information content (AvgIpc) is 3.28. The summed E-state index contributed by atoms with van der Waals surface area (Å²) in [5.41, 5.74) is 4.94. The molecule has 1 aromatic heterocycles. The standard InChI is InChI=1S/C29H24N4O3S/c30-16-27-26-14-15-32(18-22-4-2-1-3-5-22)19-28(26)37-29(27)31-17-21-8-12-25(13-9-21)36-20-23-6-10-24(11-7-23)33(34)35/h1-13,17H,14-15,18-20H2. The van der Waals surface area contributed by atoms with Gasteiger partial charge in [-0.05, 0) is 65.1 Å². The molecular formula is C29H24N4O3S. The van der Waals surface area contributed by atoms with Gasteiger partial charge in [0.25, 0.3) is 5.69 Å². The Kier molecular flexibility index (Phi) is 7.36. The van der Waals surface area contributed by atoms with Crippen molar-refractivity contribution in [3.05, 3.63) is 122 Å². The Morgan fingerprint density at radius 3 is 2.51 bits per heavy atom. The highest BCUT2D eigenvalue weighted by molar-refractivity contribution is 7.16. The lowest BCUT2D eigenvalue weighted by atomic mass is 10.0. The topological polar surface area (TPSA) is 91.8 Å². The van der Waals surface area contributed by atoms with Crippen molar-refractivity contribution in [3.8, 4) is 11.8 Å². The lowest BCUT2D eigenvalue weighted by Gasteiger charge is -2.26. The van der Waals surface area contributed by atoms with Crippen LogP contribution in [0.3, 0.4) is 0 Å². The highest BCUT2D eigenvalue weighted by Gasteiger charge is 2.24. The summed E-state index contributed by atoms with van der Waals surface area (Å²) in [6, 6.07) is 26.7. The quantitative estimate of drug-likeness (QED) is 0.156. The molecule has 0 saturated carbocycles. The Bertz CT molecular complexity index is 1460. The lowest BCUT2D eigenvalue weighted by molar-refractivity contribution is -0.384. The molecule has 0 bridgehead atoms. The van der Waals surface area contributed by atoms with E-state index in [0.717, 1.165) is 47.7 Å². The molecule has 0 atom stereocenters. The maximum Gasteiger partial charge on any atom is 0.269 e. The number of hydrogen-bond acceptors (Lipinski definition) is 7. The molecular weight excluding hydrogens is 484 g/mol. The molecule has 0 amide bonds. The Labute approximate surface area is 219 Å². The Balaban J connectivity index is 1.22. The van der Waals surface area contributed by atoms with Crippen molar-refractivity contribution >= 4 is 28.2 Å². The van der Waals surface area contributed by atoms with Gasteiger partial charge in [-0.2, -0.15) is 5.26 Å². The summed E-state index contributed by atoms with van der Waals surface area (Å²) in [4.78, 5) is 18.7. The molecule has 5 rings (SSSR count). The number of nitro groups is 1. The highest BCUT2D eigenvalue weighted by atomic mass is 32.1. The number of non-ortho nitro benzene ring substituents is 1. The summed E-state index contributed by atoms with van der Waals surface area (Å²) >= 11 is 1.60. The first-order chi connectivity index (χ1) is 18.1. The van der Waals surface area contributed by atoms with Crippen LogP contribution in [0.4, 0.5) is 10.7 Å². The SMILES string of the molecule is N#Cc1c(N=Cc2ccc(OCc3ccc([N+](=O)[O-])cc3)cc2)sc2c1CCN(Cc1ccccc1)C2. The molecule has 0 spiro atoms. The van der Waals surface area contributed by atoms with Crippen LogP contribution in [-0.2, 0) is 26.1 Å². The van der Waals surface area contributed by atoms with Crippen molar-refractivity contribution in [3.63, 3.8) is 0 Å². The maximum absolute atomic E-state index is 10.8. The summed E-state index contributed by atoms with van der Waals surface area (Å²) in [5.74, 6) is 0.693. The Morgan fingerprint density at radius 2 is 1.81 bits per heavy atom. The van der Waals surface area contributed by atoms with E-state index >= 15 is 0 Å². The van der Waals surface area contributed by atoms with Gasteiger partial charge in [-0.25, -0.2) is 4.99 Å². The minimum atomic E-state index is -0.420. The second-order valence-corrected chi connectivity index (χ2v) is 9.87. The number of nitriles is 1. The molecule has 1 aliphatic heterocycles. The number of rotatable bonds is 8. The summed E-state index contributed by atoms with van der Waals surface area (Å²) in [6.45, 7) is 2.98. The second kappa shape index (κ2) is 11.2. The summed E-state index contributed by atoms with van der Waals surface area (Å²) in [6.07, 6.45) is 2.64. The van der Waals surface area contributed by atoms with Gasteiger partial charge in [-0.3, -0.25) is 15.0 Å². The number of thiophene rings is 1. The second-order valence-electron chi connectivity index (χ2n) is 8.78. The van der Waals surface area contributed by atoms with E-state index in [0.29, 0.717) is 17.9 Å². The van der Waals surface area contributed by atoms with Crippen LogP contribution in [-0.4, -0.2) is 22.6 Å². The largest absolute Gasteiger partial charge is 0.489 e. The van der Waals surface area contributed by atoms with E-state index in [-0.39, 0.29) is 5.69 Å². The third kappa shape index (κ3) is 5.92. The van der Waals surface area contributed by atoms with E-state index in [1.54, 1.807) is 29.7 Å². The molecule has 0 unspecified atom stereocenters. The van der Waals surface area contributed by atoms with E-state index in [2.05, 4.69) is 40.2 Å². The summed E-state index contributed by atoms with van der Waals surface area (Å²) in [7, 11) is 0. The number of benzene rings is 3. The van der Waals surface area contributed by atoms with E-state index < -0.39 is 4.92 Å². The van der Waals surface area contributed by atoms with Crippen LogP contribution >= 0.6 is 11.3 Å². The van der Waals surface area contributed by atoms with Crippen LogP contribution < -0.4 is 4.74 Å². The van der Waals surface area contributed by atoms with E-state index in [1.165, 1.54) is 22.6 Å². The molecule has 0 N–H and O–H groups in total. The van der Waals surface area contributed by atoms with Crippen molar-refractivity contribution in [2.75, 3.05) is 6.54 Å². The molecule has 8 heteroatoms. The third-order valence-corrected chi connectivity index (χ3v) is 7.37. The highest BCUT2D eigenvalue weighted by Crippen LogP contribution is 2.38. The molecule has 3 aromatic carbocycles. The van der Waals surface area contributed by atoms with E-state index in [4.69, 9.17) is 4.74 Å². The molecule has 37 heavy (non-hydrogen) atoms. The zero-order valence-electron chi connectivity index (χ0n) is 20.0. The zero-order valence-corrected chi connectivity index (χ0v) is 20.9. The molecule has 0 radical (unpaired) electrons. The van der Waals surface area contributed by atoms with Gasteiger partial charge < -0.3 is 4.74 Å². The molecule has 1 aliphatic rings. The Hall–Kier alpha value is -4.32. The van der Waals surface area contributed by atoms with Crippen molar-refractivity contribution < 1.29 is 9.66 Å². The van der Waals surface area contributed by atoms with Crippen molar-refractivity contribution in [2.24, 2.45) is 4.99 Å². The first-order valence-electron chi connectivity index (χ1n) is 11.9. The van der Waals surface area contributed by atoms with E-state index in [1.807, 2.05) is 30.3 Å². The number of nitrogens with zero attached hydrogens (tertiary/aromatic N) is 4. The molecule has 0 saturated heterocycles. The number of nitro benzene ring substituents is 1. The predicted octanol–water partition coefficient (Wildman–Crippen LogP) is 6.42. The number of aliphatic imine (C=N–C) groups is 1. The molecule has 0 fully saturated rings. The molecule has 7 nitrogen and oxygen atoms in total. The summed E-state index contributed by atoms with van der Waals surface area (Å²) < 4.78 is 5.79. The third-order valence-electron chi connectivity index (χ3n) is 6.24. The van der Waals surface area contributed by atoms with Gasteiger partial charge in [0.05, 0.1) is 10.5 Å². The van der Waals surface area contributed by atoms with Crippen molar-refractivity contribution in [2.45, 2.75) is 26.1 Å². The van der Waals surface area contributed by atoms with Gasteiger partial charge in [0.1, 0.15) is 23.4 Å². The molecule has 0 aliphatic carbocycles. The van der Waals surface area contributed by atoms with Crippen LogP contribution in [0.5, 0.6) is 5.75 Å². The fourth-order valence-corrected chi connectivity index (χ4v) is 5.47. The number of fused-ring (bicyclic) bond motifs is 1. The molecule has 184 valence electrons. The smallest absolute Gasteiger partial charge is 0.269 e. The lowest BCUT2D eigenvalue weighted by Crippen LogP contribution is -2.29. The Morgan fingerprint density at radius 1 is 1.05 bits per heavy atom. The van der Waals surface area contributed by atoms with Gasteiger partial charge in [0.2, 0.25) is 0 Å². The van der Waals surface area contributed by atoms with Crippen LogP contribution in [0.15, 0.2) is 83.9 Å². The maximum atomic E-state index is 10.8. The van der Waals surface area contributed by atoms with Crippen molar-refractivity contribution in [1.82, 2.24) is 4.90 Å². The minimum Gasteiger partial charge on any atom is -0.489 e. The minimum absolute atomic E-state index is 0.0584. The van der Waals surface area contributed by atoms with Gasteiger partial charge in [-0.1, -0.05) is 30.3 Å². The summed E-state index contributed by atoms with van der Waals surface area (Å²) in [5, 5.41) is 21.3. The number of hydrogen-bond donors (Lipinski definition) is 0. The van der Waals surface area contributed by atoms with Crippen LogP contribution in [0, 0.1) is 21.4 Å². The van der Waals surface area contributed by atoms with Gasteiger partial charge in [-0.15, -0.1) is 11.3 Å².